The smallest absolute Gasteiger partial charge is 0.244 e. The van der Waals surface area contributed by atoms with Crippen molar-refractivity contribution in [3.8, 4) is 0 Å². The van der Waals surface area contributed by atoms with Crippen LogP contribution in [0.15, 0.2) is 60.9 Å². The summed E-state index contributed by atoms with van der Waals surface area (Å²) in [4.78, 5) is 18.5. The quantitative estimate of drug-likeness (QED) is 0.861. The van der Waals surface area contributed by atoms with Crippen LogP contribution in [-0.2, 0) is 4.79 Å². The molecule has 0 saturated carbocycles. The van der Waals surface area contributed by atoms with Crippen molar-refractivity contribution in [1.29, 1.82) is 0 Å². The van der Waals surface area contributed by atoms with Crippen LogP contribution >= 0.6 is 0 Å². The maximum Gasteiger partial charge on any atom is 0.244 e. The van der Waals surface area contributed by atoms with E-state index in [0.29, 0.717) is 5.92 Å². The first kappa shape index (κ1) is 16.2. The van der Waals surface area contributed by atoms with Crippen LogP contribution in [0.4, 0.5) is 5.69 Å². The van der Waals surface area contributed by atoms with Crippen molar-refractivity contribution in [3.63, 3.8) is 0 Å². The third kappa shape index (κ3) is 4.69. The molecule has 1 saturated heterocycles. The van der Waals surface area contributed by atoms with E-state index in [-0.39, 0.29) is 5.91 Å². The number of carbonyl (C=O) groups is 1. The Morgan fingerprint density at radius 3 is 2.67 bits per heavy atom. The molecule has 1 fully saturated rings. The molecule has 0 bridgehead atoms. The van der Waals surface area contributed by atoms with Crippen molar-refractivity contribution < 1.29 is 4.79 Å². The maximum atomic E-state index is 11.9. The summed E-state index contributed by atoms with van der Waals surface area (Å²) in [6.45, 7) is 2.79. The number of rotatable bonds is 5. The molecule has 1 aliphatic heterocycles. The number of hydrogen-bond donors (Lipinski definition) is 1. The summed E-state index contributed by atoms with van der Waals surface area (Å²) in [5, 5.41) is 3.02. The number of benzene rings is 1. The Hall–Kier alpha value is -2.62. The molecule has 24 heavy (non-hydrogen) atoms. The Balaban J connectivity index is 1.40. The van der Waals surface area contributed by atoms with Gasteiger partial charge < -0.3 is 10.2 Å². The van der Waals surface area contributed by atoms with Crippen LogP contribution < -0.4 is 10.2 Å². The molecule has 0 unspecified atom stereocenters. The highest BCUT2D eigenvalue weighted by Crippen LogP contribution is 2.21. The minimum atomic E-state index is -0.0199. The van der Waals surface area contributed by atoms with Crippen molar-refractivity contribution in [2.24, 2.45) is 5.92 Å². The Morgan fingerprint density at radius 2 is 1.96 bits per heavy atom. The van der Waals surface area contributed by atoms with E-state index in [9.17, 15) is 4.79 Å². The molecular weight excluding hydrogens is 298 g/mol. The fourth-order valence-electron chi connectivity index (χ4n) is 2.98. The molecule has 1 aromatic heterocycles. The second-order valence-electron chi connectivity index (χ2n) is 6.13. The molecule has 0 spiro atoms. The molecule has 1 N–H and O–H groups in total. The zero-order valence-electron chi connectivity index (χ0n) is 13.8. The molecule has 0 aliphatic carbocycles. The molecule has 0 radical (unpaired) electrons. The van der Waals surface area contributed by atoms with E-state index in [1.165, 1.54) is 5.69 Å². The maximum absolute atomic E-state index is 11.9. The van der Waals surface area contributed by atoms with Gasteiger partial charge in [-0.05, 0) is 42.5 Å². The summed E-state index contributed by atoms with van der Waals surface area (Å²) in [7, 11) is 0. The number of amides is 1. The van der Waals surface area contributed by atoms with E-state index >= 15 is 0 Å². The van der Waals surface area contributed by atoms with Crippen molar-refractivity contribution in [2.75, 3.05) is 24.5 Å². The lowest BCUT2D eigenvalue weighted by Gasteiger charge is -2.33. The highest BCUT2D eigenvalue weighted by molar-refractivity contribution is 5.91. The van der Waals surface area contributed by atoms with E-state index < -0.39 is 0 Å². The summed E-state index contributed by atoms with van der Waals surface area (Å²) < 4.78 is 0. The number of nitrogens with one attached hydrogen (secondary N) is 1. The fraction of sp³-hybridized carbons (Fsp3) is 0.300. The molecule has 4 heteroatoms. The van der Waals surface area contributed by atoms with Gasteiger partial charge in [-0.15, -0.1) is 0 Å². The topological polar surface area (TPSA) is 45.2 Å². The van der Waals surface area contributed by atoms with Gasteiger partial charge in [-0.25, -0.2) is 0 Å². The molecule has 4 nitrogen and oxygen atoms in total. The zero-order chi connectivity index (χ0) is 16.6. The van der Waals surface area contributed by atoms with Crippen molar-refractivity contribution in [2.45, 2.75) is 12.8 Å². The average molecular weight is 321 g/mol. The Kier molecular flexibility index (Phi) is 5.61. The minimum absolute atomic E-state index is 0.0199. The van der Waals surface area contributed by atoms with E-state index in [4.69, 9.17) is 0 Å². The predicted octanol–water partition coefficient (Wildman–Crippen LogP) is 3.13. The summed E-state index contributed by atoms with van der Waals surface area (Å²) in [5.74, 6) is 0.528. The Bertz CT molecular complexity index is 662. The summed E-state index contributed by atoms with van der Waals surface area (Å²) in [5.41, 5.74) is 2.23. The minimum Gasteiger partial charge on any atom is -0.370 e. The lowest BCUT2D eigenvalue weighted by molar-refractivity contribution is -0.116. The predicted molar refractivity (Wildman–Crippen MR) is 97.7 cm³/mol. The normalized spacial score (nSPS) is 15.6. The second kappa shape index (κ2) is 8.29. The Labute approximate surface area is 143 Å². The van der Waals surface area contributed by atoms with Crippen LogP contribution in [-0.4, -0.2) is 30.5 Å². The Morgan fingerprint density at radius 1 is 1.17 bits per heavy atom. The van der Waals surface area contributed by atoms with Gasteiger partial charge in [0, 0.05) is 31.9 Å². The number of aromatic nitrogens is 1. The molecular formula is C20H23N3O. The first-order chi connectivity index (χ1) is 11.8. The number of pyridine rings is 1. The van der Waals surface area contributed by atoms with Gasteiger partial charge in [-0.2, -0.15) is 0 Å². The molecule has 1 aromatic carbocycles. The van der Waals surface area contributed by atoms with Crippen LogP contribution in [0.1, 0.15) is 18.4 Å². The molecule has 2 aromatic rings. The molecule has 1 amide bonds. The average Bonchev–Trinajstić information content (AvgIpc) is 2.67. The third-order valence-electron chi connectivity index (χ3n) is 4.42. The van der Waals surface area contributed by atoms with Crippen LogP contribution in [0.2, 0.25) is 0 Å². The molecule has 124 valence electrons. The van der Waals surface area contributed by atoms with Crippen molar-refractivity contribution in [3.05, 3.63) is 66.5 Å². The van der Waals surface area contributed by atoms with Gasteiger partial charge in [0.1, 0.15) is 0 Å². The van der Waals surface area contributed by atoms with Gasteiger partial charge in [-0.3, -0.25) is 9.78 Å². The van der Waals surface area contributed by atoms with Gasteiger partial charge >= 0.3 is 0 Å². The zero-order valence-corrected chi connectivity index (χ0v) is 13.8. The summed E-state index contributed by atoms with van der Waals surface area (Å²) >= 11 is 0. The summed E-state index contributed by atoms with van der Waals surface area (Å²) in [6, 6.07) is 13.9. The monoisotopic (exact) mass is 321 g/mol. The van der Waals surface area contributed by atoms with Crippen LogP contribution in [0, 0.1) is 5.92 Å². The number of piperidine rings is 1. The first-order valence-corrected chi connectivity index (χ1v) is 8.47. The van der Waals surface area contributed by atoms with Crippen molar-refractivity contribution in [1.82, 2.24) is 10.3 Å². The lowest BCUT2D eigenvalue weighted by Crippen LogP contribution is -2.38. The van der Waals surface area contributed by atoms with Crippen LogP contribution in [0.25, 0.3) is 6.08 Å². The number of nitrogens with zero attached hydrogens (tertiary/aromatic N) is 2. The lowest BCUT2D eigenvalue weighted by atomic mass is 9.96. The first-order valence-electron chi connectivity index (χ1n) is 8.47. The highest BCUT2D eigenvalue weighted by atomic mass is 16.1. The van der Waals surface area contributed by atoms with Crippen LogP contribution in [0.3, 0.4) is 0 Å². The second-order valence-corrected chi connectivity index (χ2v) is 6.13. The largest absolute Gasteiger partial charge is 0.370 e. The summed E-state index contributed by atoms with van der Waals surface area (Å²) in [6.07, 6.45) is 9.36. The molecule has 2 heterocycles. The number of hydrogen-bond acceptors (Lipinski definition) is 3. The third-order valence-corrected chi connectivity index (χ3v) is 4.42. The molecule has 0 atom stereocenters. The van der Waals surface area contributed by atoms with Gasteiger partial charge in [0.05, 0.1) is 11.9 Å². The van der Waals surface area contributed by atoms with E-state index in [1.54, 1.807) is 12.3 Å². The number of carbonyl (C=O) groups excluding carboxylic acids is 1. The fourth-order valence-corrected chi connectivity index (χ4v) is 2.98. The van der Waals surface area contributed by atoms with E-state index in [0.717, 1.165) is 38.0 Å². The van der Waals surface area contributed by atoms with E-state index in [1.807, 2.05) is 48.7 Å². The number of anilines is 1. The van der Waals surface area contributed by atoms with Crippen molar-refractivity contribution >= 4 is 17.7 Å². The molecule has 3 rings (SSSR count). The standard InChI is InChI=1S/C20H23N3O/c24-20(9-8-17-5-2-1-3-6-17)22-15-18-10-13-23(14-11-18)19-7-4-12-21-16-19/h1-9,12,16,18H,10-11,13-15H2,(H,22,24). The van der Waals surface area contributed by atoms with Gasteiger partial charge in [-0.1, -0.05) is 30.3 Å². The van der Waals surface area contributed by atoms with Crippen LogP contribution in [0.5, 0.6) is 0 Å². The SMILES string of the molecule is O=C(C=Cc1ccccc1)NCC1CCN(c2cccnc2)CC1. The van der Waals surface area contributed by atoms with Gasteiger partial charge in [0.25, 0.3) is 0 Å². The molecule has 1 aliphatic rings. The van der Waals surface area contributed by atoms with Gasteiger partial charge in [0.2, 0.25) is 5.91 Å². The highest BCUT2D eigenvalue weighted by Gasteiger charge is 2.19. The van der Waals surface area contributed by atoms with Gasteiger partial charge in [0.15, 0.2) is 0 Å². The van der Waals surface area contributed by atoms with E-state index in [2.05, 4.69) is 21.3 Å².